The molecule has 23 heavy (non-hydrogen) atoms. The van der Waals surface area contributed by atoms with Crippen LogP contribution in [0.4, 0.5) is 5.82 Å². The van der Waals surface area contributed by atoms with Gasteiger partial charge in [0.05, 0.1) is 0 Å². The summed E-state index contributed by atoms with van der Waals surface area (Å²) in [5, 5.41) is 2.66. The van der Waals surface area contributed by atoms with E-state index in [0.717, 1.165) is 18.9 Å². The van der Waals surface area contributed by atoms with Gasteiger partial charge in [-0.05, 0) is 23.1 Å². The fourth-order valence-electron chi connectivity index (χ4n) is 3.43. The summed E-state index contributed by atoms with van der Waals surface area (Å²) in [6.07, 6.45) is 1.71. The molecule has 1 aromatic carbocycles. The second kappa shape index (κ2) is 6.03. The molecule has 0 saturated carbocycles. The van der Waals surface area contributed by atoms with E-state index in [1.54, 1.807) is 19.3 Å². The van der Waals surface area contributed by atoms with Gasteiger partial charge in [0, 0.05) is 37.8 Å². The van der Waals surface area contributed by atoms with Crippen molar-refractivity contribution in [3.63, 3.8) is 0 Å². The number of amides is 1. The number of hydrogen-bond donors (Lipinski definition) is 1. The third-order valence-corrected chi connectivity index (χ3v) is 4.71. The molecule has 1 amide bonds. The van der Waals surface area contributed by atoms with Crippen LogP contribution in [-0.2, 0) is 0 Å². The zero-order valence-corrected chi connectivity index (χ0v) is 13.9. The molecule has 2 heterocycles. The number of pyridine rings is 1. The van der Waals surface area contributed by atoms with Crippen LogP contribution in [0.5, 0.6) is 0 Å². The maximum Gasteiger partial charge on any atom is 0.251 e. The topological polar surface area (TPSA) is 45.2 Å². The van der Waals surface area contributed by atoms with Crippen molar-refractivity contribution in [1.82, 2.24) is 10.3 Å². The monoisotopic (exact) mass is 309 g/mol. The number of nitrogens with zero attached hydrogens (tertiary/aromatic N) is 2. The number of hydrogen-bond acceptors (Lipinski definition) is 3. The van der Waals surface area contributed by atoms with Crippen LogP contribution in [0.1, 0.15) is 35.7 Å². The highest BCUT2D eigenvalue weighted by atomic mass is 16.1. The Morgan fingerprint density at radius 2 is 2.00 bits per heavy atom. The first-order valence-electron chi connectivity index (χ1n) is 7.99. The van der Waals surface area contributed by atoms with Crippen molar-refractivity contribution in [1.29, 1.82) is 0 Å². The Hall–Kier alpha value is -2.36. The zero-order chi connectivity index (χ0) is 16.4. The molecule has 4 nitrogen and oxygen atoms in total. The predicted molar refractivity (Wildman–Crippen MR) is 92.8 cm³/mol. The van der Waals surface area contributed by atoms with Crippen molar-refractivity contribution in [3.8, 4) is 0 Å². The molecule has 0 radical (unpaired) electrons. The molecule has 1 N–H and O–H groups in total. The zero-order valence-electron chi connectivity index (χ0n) is 13.9. The summed E-state index contributed by atoms with van der Waals surface area (Å²) < 4.78 is 0. The van der Waals surface area contributed by atoms with Crippen molar-refractivity contribution >= 4 is 11.7 Å². The Morgan fingerprint density at radius 1 is 1.26 bits per heavy atom. The van der Waals surface area contributed by atoms with Crippen molar-refractivity contribution in [2.75, 3.05) is 25.0 Å². The first-order valence-corrected chi connectivity index (χ1v) is 7.99. The van der Waals surface area contributed by atoms with Gasteiger partial charge in [0.25, 0.3) is 5.91 Å². The van der Waals surface area contributed by atoms with Gasteiger partial charge in [-0.1, -0.05) is 44.2 Å². The summed E-state index contributed by atoms with van der Waals surface area (Å²) in [5.74, 6) is 1.25. The van der Waals surface area contributed by atoms with Gasteiger partial charge in [-0.3, -0.25) is 4.79 Å². The van der Waals surface area contributed by atoms with E-state index in [1.807, 2.05) is 6.07 Å². The Bertz CT molecular complexity index is 697. The summed E-state index contributed by atoms with van der Waals surface area (Å²) in [5.41, 5.74) is 2.17. The number of carbonyl (C=O) groups is 1. The molecule has 4 heteroatoms. The molecule has 0 aliphatic carbocycles. The average Bonchev–Trinajstić information content (AvgIpc) is 2.90. The molecule has 1 atom stereocenters. The molecule has 0 bridgehead atoms. The van der Waals surface area contributed by atoms with E-state index >= 15 is 0 Å². The second-order valence-corrected chi connectivity index (χ2v) is 6.81. The van der Waals surface area contributed by atoms with E-state index < -0.39 is 0 Å². The van der Waals surface area contributed by atoms with E-state index in [4.69, 9.17) is 0 Å². The lowest BCUT2D eigenvalue weighted by Crippen LogP contribution is -2.24. The molecule has 3 rings (SSSR count). The van der Waals surface area contributed by atoms with Crippen LogP contribution in [0.3, 0.4) is 0 Å². The molecule has 1 aliphatic heterocycles. The summed E-state index contributed by atoms with van der Waals surface area (Å²) >= 11 is 0. The van der Waals surface area contributed by atoms with Crippen LogP contribution in [0, 0.1) is 5.41 Å². The van der Waals surface area contributed by atoms with Crippen molar-refractivity contribution in [3.05, 3.63) is 59.8 Å². The summed E-state index contributed by atoms with van der Waals surface area (Å²) in [7, 11) is 1.65. The van der Waals surface area contributed by atoms with Gasteiger partial charge in [-0.15, -0.1) is 0 Å². The minimum Gasteiger partial charge on any atom is -0.355 e. The van der Waals surface area contributed by atoms with Crippen LogP contribution in [0.25, 0.3) is 0 Å². The highest BCUT2D eigenvalue weighted by Gasteiger charge is 2.40. The third-order valence-electron chi connectivity index (χ3n) is 4.71. The number of rotatable bonds is 3. The van der Waals surface area contributed by atoms with E-state index in [9.17, 15) is 4.79 Å². The Morgan fingerprint density at radius 3 is 2.70 bits per heavy atom. The highest BCUT2D eigenvalue weighted by Crippen LogP contribution is 2.43. The SMILES string of the molecule is CNC(=O)c1ccnc(N2CC(c3ccccc3)C(C)(C)C2)c1. The fourth-order valence-corrected chi connectivity index (χ4v) is 3.43. The molecule has 0 spiro atoms. The van der Waals surface area contributed by atoms with E-state index in [1.165, 1.54) is 5.56 Å². The largest absolute Gasteiger partial charge is 0.355 e. The van der Waals surface area contributed by atoms with Gasteiger partial charge in [-0.25, -0.2) is 4.98 Å². The molecule has 120 valence electrons. The van der Waals surface area contributed by atoms with Gasteiger partial charge in [-0.2, -0.15) is 0 Å². The first-order chi connectivity index (χ1) is 11.0. The van der Waals surface area contributed by atoms with Crippen molar-refractivity contribution in [2.24, 2.45) is 5.41 Å². The molecule has 1 fully saturated rings. The van der Waals surface area contributed by atoms with Crippen molar-refractivity contribution in [2.45, 2.75) is 19.8 Å². The van der Waals surface area contributed by atoms with Crippen LogP contribution < -0.4 is 10.2 Å². The first kappa shape index (κ1) is 15.5. The number of benzene rings is 1. The van der Waals surface area contributed by atoms with Gasteiger partial charge < -0.3 is 10.2 Å². The van der Waals surface area contributed by atoms with E-state index in [0.29, 0.717) is 11.5 Å². The fraction of sp³-hybridized carbons (Fsp3) is 0.368. The maximum absolute atomic E-state index is 11.8. The molecule has 1 aromatic heterocycles. The quantitative estimate of drug-likeness (QED) is 0.948. The molecular weight excluding hydrogens is 286 g/mol. The summed E-state index contributed by atoms with van der Waals surface area (Å²) in [6, 6.07) is 14.3. The lowest BCUT2D eigenvalue weighted by molar-refractivity contribution is 0.0963. The highest BCUT2D eigenvalue weighted by molar-refractivity contribution is 5.94. The standard InChI is InChI=1S/C19H23N3O/c1-19(2)13-22(12-16(19)14-7-5-4-6-8-14)17-11-15(9-10-21-17)18(23)20-3/h4-11,16H,12-13H2,1-3H3,(H,20,23). The van der Waals surface area contributed by atoms with Crippen LogP contribution >= 0.6 is 0 Å². The Kier molecular flexibility index (Phi) is 4.07. The Labute approximate surface area is 137 Å². The third kappa shape index (κ3) is 3.07. The summed E-state index contributed by atoms with van der Waals surface area (Å²) in [4.78, 5) is 18.6. The van der Waals surface area contributed by atoms with Crippen LogP contribution in [0.15, 0.2) is 48.7 Å². The van der Waals surface area contributed by atoms with Gasteiger partial charge in [0.1, 0.15) is 5.82 Å². The van der Waals surface area contributed by atoms with E-state index in [2.05, 4.69) is 59.4 Å². The molecular formula is C19H23N3O. The van der Waals surface area contributed by atoms with Gasteiger partial charge in [0.15, 0.2) is 0 Å². The lowest BCUT2D eigenvalue weighted by atomic mass is 9.78. The van der Waals surface area contributed by atoms with E-state index in [-0.39, 0.29) is 11.3 Å². The number of carbonyl (C=O) groups excluding carboxylic acids is 1. The van der Waals surface area contributed by atoms with Gasteiger partial charge >= 0.3 is 0 Å². The summed E-state index contributed by atoms with van der Waals surface area (Å²) in [6.45, 7) is 6.44. The molecule has 1 aliphatic rings. The van der Waals surface area contributed by atoms with Crippen LogP contribution in [-0.4, -0.2) is 31.0 Å². The average molecular weight is 309 g/mol. The van der Waals surface area contributed by atoms with Gasteiger partial charge in [0.2, 0.25) is 0 Å². The molecule has 1 saturated heterocycles. The number of aromatic nitrogens is 1. The second-order valence-electron chi connectivity index (χ2n) is 6.81. The van der Waals surface area contributed by atoms with Crippen molar-refractivity contribution < 1.29 is 4.79 Å². The smallest absolute Gasteiger partial charge is 0.251 e. The minimum absolute atomic E-state index is 0.0771. The number of nitrogens with one attached hydrogen (secondary N) is 1. The maximum atomic E-state index is 11.8. The lowest BCUT2D eigenvalue weighted by Gasteiger charge is -2.25. The Balaban J connectivity index is 1.87. The molecule has 1 unspecified atom stereocenters. The van der Waals surface area contributed by atoms with Crippen LogP contribution in [0.2, 0.25) is 0 Å². The molecule has 2 aromatic rings. The normalized spacial score (nSPS) is 19.6. The predicted octanol–water partition coefficient (Wildman–Crippen LogP) is 3.07. The minimum atomic E-state index is -0.0771. The number of anilines is 1.